The van der Waals surface area contributed by atoms with Crippen LogP contribution in [0.25, 0.3) is 0 Å². The largest absolute Gasteiger partial charge is 0.367 e. The first-order chi connectivity index (χ1) is 9.27. The molecule has 1 aromatic rings. The minimum Gasteiger partial charge on any atom is -0.367 e. The molecule has 3 aliphatic rings. The second-order valence-electron chi connectivity index (χ2n) is 6.78. The quantitative estimate of drug-likeness (QED) is 0.811. The zero-order valence-corrected chi connectivity index (χ0v) is 12.4. The van der Waals surface area contributed by atoms with Gasteiger partial charge in [0.25, 0.3) is 0 Å². The summed E-state index contributed by atoms with van der Waals surface area (Å²) in [5.41, 5.74) is 2.37. The number of hydrogen-bond acceptors (Lipinski definition) is 2. The van der Waals surface area contributed by atoms with Crippen LogP contribution in [0, 0.1) is 23.2 Å². The predicted octanol–water partition coefficient (Wildman–Crippen LogP) is 4.33. The number of ether oxygens (including phenoxy) is 1. The summed E-state index contributed by atoms with van der Waals surface area (Å²) in [7, 11) is 0. The molecule has 2 saturated carbocycles. The molecule has 1 nitrogen and oxygen atoms in total. The second-order valence-corrected chi connectivity index (χ2v) is 7.86. The Morgan fingerprint density at radius 3 is 2.95 bits per heavy atom. The summed E-state index contributed by atoms with van der Waals surface area (Å²) < 4.78 is 6.19. The first kappa shape index (κ1) is 12.3. The van der Waals surface area contributed by atoms with Crippen molar-refractivity contribution in [2.45, 2.75) is 37.4 Å². The van der Waals surface area contributed by atoms with Gasteiger partial charge in [0.1, 0.15) is 5.44 Å². The third-order valence-electron chi connectivity index (χ3n) is 5.78. The maximum absolute atomic E-state index is 6.19. The average molecular weight is 274 g/mol. The minimum atomic E-state index is 0.445. The van der Waals surface area contributed by atoms with E-state index >= 15 is 0 Å². The van der Waals surface area contributed by atoms with Gasteiger partial charge in [0.2, 0.25) is 0 Å². The van der Waals surface area contributed by atoms with E-state index in [9.17, 15) is 0 Å². The van der Waals surface area contributed by atoms with Crippen LogP contribution in [0.15, 0.2) is 30.3 Å². The van der Waals surface area contributed by atoms with Gasteiger partial charge >= 0.3 is 0 Å². The van der Waals surface area contributed by atoms with Gasteiger partial charge in [0.15, 0.2) is 0 Å². The van der Waals surface area contributed by atoms with Crippen LogP contribution in [0.1, 0.15) is 31.7 Å². The van der Waals surface area contributed by atoms with Crippen molar-refractivity contribution in [1.82, 2.24) is 0 Å². The Morgan fingerprint density at radius 1 is 1.26 bits per heavy atom. The summed E-state index contributed by atoms with van der Waals surface area (Å²) in [4.78, 5) is 0. The molecule has 2 heteroatoms. The standard InChI is InChI=1S/C17H22OS/c1-17-11-18-16(15(17)13-7-8-14(17)9-13)19-10-12-5-3-2-4-6-12/h2-6,13-16H,7-11H2,1H3/t13-,14+,15-,16-,17-/m0/s1. The van der Waals surface area contributed by atoms with Crippen LogP contribution < -0.4 is 0 Å². The van der Waals surface area contributed by atoms with Crippen molar-refractivity contribution in [3.8, 4) is 0 Å². The van der Waals surface area contributed by atoms with Gasteiger partial charge in [-0.05, 0) is 36.7 Å². The highest BCUT2D eigenvalue weighted by molar-refractivity contribution is 7.99. The van der Waals surface area contributed by atoms with Gasteiger partial charge in [-0.2, -0.15) is 0 Å². The summed E-state index contributed by atoms with van der Waals surface area (Å²) in [6.45, 7) is 3.50. The van der Waals surface area contributed by atoms with E-state index in [1.54, 1.807) is 0 Å². The third-order valence-corrected chi connectivity index (χ3v) is 7.04. The number of thioether (sulfide) groups is 1. The molecule has 0 unspecified atom stereocenters. The normalized spacial score (nSPS) is 43.6. The fourth-order valence-corrected chi connectivity index (χ4v) is 6.22. The summed E-state index contributed by atoms with van der Waals surface area (Å²) in [5, 5.41) is 0. The van der Waals surface area contributed by atoms with E-state index in [0.717, 1.165) is 30.1 Å². The number of benzene rings is 1. The van der Waals surface area contributed by atoms with Crippen LogP contribution in [-0.2, 0) is 10.5 Å². The van der Waals surface area contributed by atoms with Crippen LogP contribution in [0.5, 0.6) is 0 Å². The molecule has 2 bridgehead atoms. The fourth-order valence-electron chi connectivity index (χ4n) is 4.77. The molecular weight excluding hydrogens is 252 g/mol. The van der Waals surface area contributed by atoms with E-state index < -0.39 is 0 Å². The van der Waals surface area contributed by atoms with Crippen LogP contribution in [0.3, 0.4) is 0 Å². The average Bonchev–Trinajstić information content (AvgIpc) is 3.09. The summed E-state index contributed by atoms with van der Waals surface area (Å²) in [6.07, 6.45) is 4.39. The predicted molar refractivity (Wildman–Crippen MR) is 79.9 cm³/mol. The lowest BCUT2D eigenvalue weighted by Gasteiger charge is -2.35. The number of rotatable bonds is 3. The summed E-state index contributed by atoms with van der Waals surface area (Å²) in [5.74, 6) is 3.81. The molecule has 2 aliphatic carbocycles. The molecule has 0 amide bonds. The van der Waals surface area contributed by atoms with Crippen molar-refractivity contribution in [2.24, 2.45) is 23.2 Å². The molecule has 4 rings (SSSR count). The molecule has 5 atom stereocenters. The summed E-state index contributed by atoms with van der Waals surface area (Å²) in [6, 6.07) is 10.8. The molecule has 1 aromatic carbocycles. The lowest BCUT2D eigenvalue weighted by atomic mass is 9.69. The van der Waals surface area contributed by atoms with E-state index in [-0.39, 0.29) is 0 Å². The fraction of sp³-hybridized carbons (Fsp3) is 0.647. The van der Waals surface area contributed by atoms with Gasteiger partial charge in [-0.15, -0.1) is 11.8 Å². The van der Waals surface area contributed by atoms with Gasteiger partial charge < -0.3 is 4.74 Å². The molecular formula is C17H22OS. The molecule has 0 N–H and O–H groups in total. The van der Waals surface area contributed by atoms with Crippen molar-refractivity contribution in [2.75, 3.05) is 6.61 Å². The van der Waals surface area contributed by atoms with Crippen LogP contribution in [0.4, 0.5) is 0 Å². The Bertz CT molecular complexity index is 460. The van der Waals surface area contributed by atoms with Crippen LogP contribution >= 0.6 is 11.8 Å². The Labute approximate surface area is 120 Å². The van der Waals surface area contributed by atoms with Gasteiger partial charge in [0, 0.05) is 17.1 Å². The van der Waals surface area contributed by atoms with Gasteiger partial charge in [-0.25, -0.2) is 0 Å². The molecule has 1 heterocycles. The van der Waals surface area contributed by atoms with Gasteiger partial charge in [-0.3, -0.25) is 0 Å². The first-order valence-corrected chi connectivity index (χ1v) is 8.59. The Balaban J connectivity index is 1.46. The number of fused-ring (bicyclic) bond motifs is 5. The highest BCUT2D eigenvalue weighted by Crippen LogP contribution is 2.65. The van der Waals surface area contributed by atoms with E-state index in [4.69, 9.17) is 4.74 Å². The molecule has 19 heavy (non-hydrogen) atoms. The molecule has 1 saturated heterocycles. The zero-order chi connectivity index (χ0) is 12.9. The Morgan fingerprint density at radius 2 is 2.11 bits per heavy atom. The van der Waals surface area contributed by atoms with E-state index in [2.05, 4.69) is 37.3 Å². The topological polar surface area (TPSA) is 9.23 Å². The van der Waals surface area contributed by atoms with E-state index in [0.29, 0.717) is 10.9 Å². The monoisotopic (exact) mass is 274 g/mol. The second kappa shape index (κ2) is 4.53. The highest BCUT2D eigenvalue weighted by Gasteiger charge is 2.61. The first-order valence-electron chi connectivity index (χ1n) is 7.54. The highest BCUT2D eigenvalue weighted by atomic mass is 32.2. The number of hydrogen-bond donors (Lipinski definition) is 0. The molecule has 102 valence electrons. The Hall–Kier alpha value is -0.470. The van der Waals surface area contributed by atoms with Crippen molar-refractivity contribution < 1.29 is 4.74 Å². The molecule has 0 radical (unpaired) electrons. The molecule has 0 aromatic heterocycles. The van der Waals surface area contributed by atoms with Crippen molar-refractivity contribution in [3.05, 3.63) is 35.9 Å². The molecule has 0 spiro atoms. The van der Waals surface area contributed by atoms with Crippen LogP contribution in [0.2, 0.25) is 0 Å². The summed E-state index contributed by atoms with van der Waals surface area (Å²) >= 11 is 2.03. The maximum Gasteiger partial charge on any atom is 0.107 e. The SMILES string of the molecule is C[C@@]12CO[C@@H](SCc3ccccc3)[C@@H]1[C@H]1CC[C@@H]2C1. The van der Waals surface area contributed by atoms with Crippen LogP contribution in [-0.4, -0.2) is 12.0 Å². The third kappa shape index (κ3) is 1.87. The smallest absolute Gasteiger partial charge is 0.107 e. The minimum absolute atomic E-state index is 0.445. The zero-order valence-electron chi connectivity index (χ0n) is 11.5. The van der Waals surface area contributed by atoms with Crippen molar-refractivity contribution in [1.29, 1.82) is 0 Å². The van der Waals surface area contributed by atoms with Crippen molar-refractivity contribution >= 4 is 11.8 Å². The Kier molecular flexibility index (Phi) is 2.93. The maximum atomic E-state index is 6.19. The van der Waals surface area contributed by atoms with Gasteiger partial charge in [-0.1, -0.05) is 37.3 Å². The molecule has 3 fully saturated rings. The lowest BCUT2D eigenvalue weighted by Crippen LogP contribution is -2.34. The van der Waals surface area contributed by atoms with Crippen molar-refractivity contribution in [3.63, 3.8) is 0 Å². The molecule has 1 aliphatic heterocycles. The van der Waals surface area contributed by atoms with E-state index in [1.807, 2.05) is 11.8 Å². The van der Waals surface area contributed by atoms with E-state index in [1.165, 1.54) is 24.8 Å². The lowest BCUT2D eigenvalue weighted by molar-refractivity contribution is 0.116. The van der Waals surface area contributed by atoms with Gasteiger partial charge in [0.05, 0.1) is 6.61 Å².